The zero-order valence-electron chi connectivity index (χ0n) is 33.2. The Morgan fingerprint density at radius 1 is 0.262 bits per heavy atom. The van der Waals surface area contributed by atoms with Crippen LogP contribution in [-0.4, -0.2) is 9.97 Å². The molecule has 0 spiro atoms. The Balaban J connectivity index is 1.06. The summed E-state index contributed by atoms with van der Waals surface area (Å²) in [5, 5.41) is 2.24. The molecule has 11 aromatic rings. The van der Waals surface area contributed by atoms with Crippen LogP contribution in [0, 0.1) is 0 Å². The second kappa shape index (κ2) is 15.6. The number of rotatable bonds is 8. The molecule has 0 aliphatic heterocycles. The van der Waals surface area contributed by atoms with Crippen LogP contribution in [0.25, 0.3) is 111 Å². The lowest BCUT2D eigenvalue weighted by atomic mass is 9.84. The minimum atomic E-state index is 0.692. The van der Waals surface area contributed by atoms with Gasteiger partial charge < -0.3 is 4.42 Å². The van der Waals surface area contributed by atoms with Crippen molar-refractivity contribution in [2.24, 2.45) is 0 Å². The van der Waals surface area contributed by atoms with E-state index in [1.807, 2.05) is 36.4 Å². The maximum Gasteiger partial charge on any atom is 0.160 e. The fraction of sp³-hybridized carbons (Fsp3) is 0. The van der Waals surface area contributed by atoms with E-state index in [2.05, 4.69) is 194 Å². The molecule has 0 fully saturated rings. The molecule has 2 aromatic heterocycles. The van der Waals surface area contributed by atoms with E-state index in [0.717, 1.165) is 94.5 Å². The van der Waals surface area contributed by atoms with Gasteiger partial charge in [0.15, 0.2) is 5.82 Å². The second-order valence-corrected chi connectivity index (χ2v) is 15.3. The number of hydrogen-bond acceptors (Lipinski definition) is 3. The number of benzene rings is 9. The molecule has 3 nitrogen and oxygen atoms in total. The van der Waals surface area contributed by atoms with Crippen molar-refractivity contribution in [1.29, 1.82) is 0 Å². The van der Waals surface area contributed by atoms with E-state index < -0.39 is 0 Å². The molecule has 0 bridgehead atoms. The minimum absolute atomic E-state index is 0.692. The molecule has 61 heavy (non-hydrogen) atoms. The molecule has 3 heteroatoms. The molecule has 0 N–H and O–H groups in total. The monoisotopic (exact) mass is 778 g/mol. The van der Waals surface area contributed by atoms with Gasteiger partial charge in [-0.15, -0.1) is 0 Å². The fourth-order valence-electron chi connectivity index (χ4n) is 8.45. The molecular formula is C58H38N2O. The molecule has 0 saturated heterocycles. The van der Waals surface area contributed by atoms with Crippen LogP contribution in [0.2, 0.25) is 0 Å². The van der Waals surface area contributed by atoms with E-state index in [9.17, 15) is 0 Å². The highest BCUT2D eigenvalue weighted by atomic mass is 16.3. The van der Waals surface area contributed by atoms with Gasteiger partial charge in [-0.3, -0.25) is 0 Å². The Kier molecular flexibility index (Phi) is 9.18. The summed E-state index contributed by atoms with van der Waals surface area (Å²) in [6.45, 7) is 0. The van der Waals surface area contributed by atoms with Gasteiger partial charge in [-0.1, -0.05) is 194 Å². The van der Waals surface area contributed by atoms with Gasteiger partial charge >= 0.3 is 0 Å². The van der Waals surface area contributed by atoms with Crippen molar-refractivity contribution < 1.29 is 4.42 Å². The van der Waals surface area contributed by atoms with E-state index in [1.54, 1.807) is 0 Å². The number of fused-ring (bicyclic) bond motifs is 3. The normalized spacial score (nSPS) is 11.3. The van der Waals surface area contributed by atoms with Crippen molar-refractivity contribution in [1.82, 2.24) is 9.97 Å². The van der Waals surface area contributed by atoms with Crippen LogP contribution in [0.15, 0.2) is 235 Å². The van der Waals surface area contributed by atoms with Crippen LogP contribution in [-0.2, 0) is 0 Å². The number of aromatic nitrogens is 2. The first-order valence-electron chi connectivity index (χ1n) is 20.6. The number of furan rings is 1. The number of para-hydroxylation sites is 1. The first-order chi connectivity index (χ1) is 30.2. The average Bonchev–Trinajstić information content (AvgIpc) is 3.73. The molecule has 11 rings (SSSR count). The van der Waals surface area contributed by atoms with Crippen molar-refractivity contribution in [3.63, 3.8) is 0 Å². The molecule has 0 saturated carbocycles. The van der Waals surface area contributed by atoms with Crippen molar-refractivity contribution in [3.05, 3.63) is 231 Å². The summed E-state index contributed by atoms with van der Waals surface area (Å²) >= 11 is 0. The molecule has 2 heterocycles. The maximum atomic E-state index is 6.43. The van der Waals surface area contributed by atoms with E-state index in [0.29, 0.717) is 5.82 Å². The summed E-state index contributed by atoms with van der Waals surface area (Å²) in [6, 6.07) is 81.2. The maximum absolute atomic E-state index is 6.43. The van der Waals surface area contributed by atoms with Gasteiger partial charge in [0.25, 0.3) is 0 Å². The Bertz CT molecular complexity index is 3300. The summed E-state index contributed by atoms with van der Waals surface area (Å²) in [5.41, 5.74) is 18.0. The molecule has 0 atom stereocenters. The second-order valence-electron chi connectivity index (χ2n) is 15.3. The summed E-state index contributed by atoms with van der Waals surface area (Å²) < 4.78 is 6.43. The van der Waals surface area contributed by atoms with Crippen LogP contribution in [0.1, 0.15) is 0 Å². The third-order valence-corrected chi connectivity index (χ3v) is 11.5. The van der Waals surface area contributed by atoms with Crippen LogP contribution in [0.5, 0.6) is 0 Å². The van der Waals surface area contributed by atoms with Crippen molar-refractivity contribution in [2.75, 3.05) is 0 Å². The first-order valence-corrected chi connectivity index (χ1v) is 20.6. The van der Waals surface area contributed by atoms with E-state index in [1.165, 1.54) is 11.1 Å². The van der Waals surface area contributed by atoms with Crippen molar-refractivity contribution in [3.8, 4) is 89.5 Å². The molecule has 286 valence electrons. The Labute approximate surface area is 354 Å². The lowest BCUT2D eigenvalue weighted by Crippen LogP contribution is -1.96. The molecule has 0 aliphatic carbocycles. The van der Waals surface area contributed by atoms with E-state index in [4.69, 9.17) is 14.4 Å². The highest BCUT2D eigenvalue weighted by molar-refractivity contribution is 6.07. The third-order valence-electron chi connectivity index (χ3n) is 11.5. The zero-order chi connectivity index (χ0) is 40.5. The quantitative estimate of drug-likeness (QED) is 0.154. The molecule has 0 aliphatic rings. The standard InChI is InChI=1S/C58H38N2O/c1-5-15-39(16-6-1)41-25-29-43(30-26-41)53-38-54(60-58(59-53)46-21-11-4-12-22-46)44-31-27-42(28-32-44)51-35-48(40-17-7-2-8-18-40)36-52(57(51)45-19-9-3-10-20-45)47-33-34-50-49-23-13-14-24-55(49)61-56(50)37-47/h1-38H. The smallest absolute Gasteiger partial charge is 0.160 e. The van der Waals surface area contributed by atoms with Crippen molar-refractivity contribution >= 4 is 21.9 Å². The SMILES string of the molecule is c1ccc(-c2ccc(-c3cc(-c4ccc(-c5cc(-c6ccccc6)cc(-c6ccc7c(c6)oc6ccccc67)c5-c5ccccc5)cc4)nc(-c4ccccc4)n3)cc2)cc1. The minimum Gasteiger partial charge on any atom is -0.456 e. The Morgan fingerprint density at radius 3 is 1.30 bits per heavy atom. The highest BCUT2D eigenvalue weighted by Crippen LogP contribution is 2.45. The molecule has 0 amide bonds. The average molecular weight is 779 g/mol. The molecule has 9 aromatic carbocycles. The summed E-state index contributed by atoms with van der Waals surface area (Å²) in [7, 11) is 0. The predicted molar refractivity (Wildman–Crippen MR) is 253 cm³/mol. The largest absolute Gasteiger partial charge is 0.456 e. The van der Waals surface area contributed by atoms with Crippen molar-refractivity contribution in [2.45, 2.75) is 0 Å². The van der Waals surface area contributed by atoms with Crippen LogP contribution >= 0.6 is 0 Å². The zero-order valence-corrected chi connectivity index (χ0v) is 33.2. The van der Waals surface area contributed by atoms with Gasteiger partial charge in [0.2, 0.25) is 0 Å². The van der Waals surface area contributed by atoms with Crippen LogP contribution in [0.4, 0.5) is 0 Å². The van der Waals surface area contributed by atoms with E-state index >= 15 is 0 Å². The molecule has 0 radical (unpaired) electrons. The summed E-state index contributed by atoms with van der Waals surface area (Å²) in [4.78, 5) is 10.3. The van der Waals surface area contributed by atoms with Gasteiger partial charge in [0.05, 0.1) is 11.4 Å². The lowest BCUT2D eigenvalue weighted by molar-refractivity contribution is 0.669. The van der Waals surface area contributed by atoms with Gasteiger partial charge in [0, 0.05) is 27.5 Å². The third kappa shape index (κ3) is 6.98. The molecule has 0 unspecified atom stereocenters. The number of nitrogens with zero attached hydrogens (tertiary/aromatic N) is 2. The fourth-order valence-corrected chi connectivity index (χ4v) is 8.45. The summed E-state index contributed by atoms with van der Waals surface area (Å²) in [5.74, 6) is 0.692. The Morgan fingerprint density at radius 2 is 0.689 bits per heavy atom. The lowest BCUT2D eigenvalue weighted by Gasteiger charge is -2.19. The van der Waals surface area contributed by atoms with Gasteiger partial charge in [-0.05, 0) is 92.0 Å². The number of hydrogen-bond donors (Lipinski definition) is 0. The molecular weight excluding hydrogens is 741 g/mol. The van der Waals surface area contributed by atoms with Crippen LogP contribution in [0.3, 0.4) is 0 Å². The van der Waals surface area contributed by atoms with Gasteiger partial charge in [-0.2, -0.15) is 0 Å². The van der Waals surface area contributed by atoms with Gasteiger partial charge in [-0.25, -0.2) is 9.97 Å². The first kappa shape index (κ1) is 36.0. The topological polar surface area (TPSA) is 38.9 Å². The predicted octanol–water partition coefficient (Wildman–Crippen LogP) is 15.7. The Hall–Kier alpha value is -8.14. The highest BCUT2D eigenvalue weighted by Gasteiger charge is 2.19. The summed E-state index contributed by atoms with van der Waals surface area (Å²) in [6.07, 6.45) is 0. The van der Waals surface area contributed by atoms with Crippen LogP contribution < -0.4 is 0 Å². The van der Waals surface area contributed by atoms with E-state index in [-0.39, 0.29) is 0 Å². The van der Waals surface area contributed by atoms with Gasteiger partial charge in [0.1, 0.15) is 11.2 Å².